The Bertz CT molecular complexity index is 333. The Morgan fingerprint density at radius 3 is 2.75 bits per heavy atom. The van der Waals surface area contributed by atoms with Crippen LogP contribution in [0.4, 0.5) is 0 Å². The molecular weight excluding hydrogens is 198 g/mol. The zero-order chi connectivity index (χ0) is 11.4. The van der Waals surface area contributed by atoms with Crippen molar-refractivity contribution in [3.05, 3.63) is 29.8 Å². The van der Waals surface area contributed by atoms with Gasteiger partial charge in [0.05, 0.1) is 6.61 Å². The Kier molecular flexibility index (Phi) is 3.83. The molecule has 1 atom stereocenters. The van der Waals surface area contributed by atoms with Crippen LogP contribution in [0.1, 0.15) is 37.8 Å². The summed E-state index contributed by atoms with van der Waals surface area (Å²) in [6.45, 7) is 2.77. The molecule has 1 saturated carbocycles. The number of nitrogens with one attached hydrogen (secondary N) is 1. The lowest BCUT2D eigenvalue weighted by molar-refractivity contribution is 0.330. The summed E-state index contributed by atoms with van der Waals surface area (Å²) in [5.74, 6) is 1.96. The van der Waals surface area contributed by atoms with E-state index in [9.17, 15) is 0 Å². The third-order valence-corrected chi connectivity index (χ3v) is 3.21. The molecule has 2 rings (SSSR count). The van der Waals surface area contributed by atoms with Crippen molar-refractivity contribution < 1.29 is 4.74 Å². The van der Waals surface area contributed by atoms with Gasteiger partial charge >= 0.3 is 0 Å². The molecule has 2 heteroatoms. The van der Waals surface area contributed by atoms with Gasteiger partial charge in [-0.2, -0.15) is 0 Å². The highest BCUT2D eigenvalue weighted by atomic mass is 16.5. The molecule has 16 heavy (non-hydrogen) atoms. The quantitative estimate of drug-likeness (QED) is 0.793. The van der Waals surface area contributed by atoms with Crippen molar-refractivity contribution >= 4 is 0 Å². The fourth-order valence-electron chi connectivity index (χ4n) is 2.14. The maximum absolute atomic E-state index is 5.68. The molecule has 1 aliphatic rings. The van der Waals surface area contributed by atoms with Crippen molar-refractivity contribution in [2.24, 2.45) is 5.92 Å². The number of hydrogen-bond acceptors (Lipinski definition) is 2. The molecule has 1 aromatic carbocycles. The van der Waals surface area contributed by atoms with Gasteiger partial charge in [0.1, 0.15) is 5.75 Å². The van der Waals surface area contributed by atoms with Gasteiger partial charge < -0.3 is 10.1 Å². The third-order valence-electron chi connectivity index (χ3n) is 3.21. The van der Waals surface area contributed by atoms with Crippen molar-refractivity contribution in [3.63, 3.8) is 0 Å². The molecule has 0 aromatic heterocycles. The Balaban J connectivity index is 2.14. The first-order valence-corrected chi connectivity index (χ1v) is 6.24. The minimum absolute atomic E-state index is 0.440. The molecule has 0 saturated heterocycles. The van der Waals surface area contributed by atoms with Crippen molar-refractivity contribution in [2.45, 2.75) is 32.2 Å². The van der Waals surface area contributed by atoms with Crippen molar-refractivity contribution in [2.75, 3.05) is 13.7 Å². The van der Waals surface area contributed by atoms with Crippen molar-refractivity contribution in [3.8, 4) is 5.75 Å². The van der Waals surface area contributed by atoms with Crippen LogP contribution in [-0.4, -0.2) is 13.7 Å². The second-order valence-corrected chi connectivity index (χ2v) is 4.49. The van der Waals surface area contributed by atoms with Crippen LogP contribution >= 0.6 is 0 Å². The Morgan fingerprint density at radius 2 is 2.12 bits per heavy atom. The standard InChI is InChI=1S/C14H21NO/c1-3-16-14-7-5-4-6-12(14)13(15-2)10-11-8-9-11/h4-7,11,13,15H,3,8-10H2,1-2H3. The molecule has 0 heterocycles. The molecule has 0 radical (unpaired) electrons. The molecule has 1 aliphatic carbocycles. The van der Waals surface area contributed by atoms with E-state index in [1.165, 1.54) is 24.8 Å². The third kappa shape index (κ3) is 2.76. The van der Waals surface area contributed by atoms with Crippen LogP contribution in [-0.2, 0) is 0 Å². The summed E-state index contributed by atoms with van der Waals surface area (Å²) < 4.78 is 5.68. The highest BCUT2D eigenvalue weighted by Crippen LogP contribution is 2.39. The van der Waals surface area contributed by atoms with Gasteiger partial charge in [0, 0.05) is 11.6 Å². The number of ether oxygens (including phenoxy) is 1. The summed E-state index contributed by atoms with van der Waals surface area (Å²) >= 11 is 0. The lowest BCUT2D eigenvalue weighted by Gasteiger charge is -2.19. The van der Waals surface area contributed by atoms with E-state index < -0.39 is 0 Å². The Morgan fingerprint density at radius 1 is 1.38 bits per heavy atom. The molecule has 0 aliphatic heterocycles. The number of hydrogen-bond donors (Lipinski definition) is 1. The van der Waals surface area contributed by atoms with Gasteiger partial charge in [-0.05, 0) is 32.4 Å². The average Bonchev–Trinajstić information content (AvgIpc) is 3.11. The maximum Gasteiger partial charge on any atom is 0.124 e. The van der Waals surface area contributed by atoms with Gasteiger partial charge in [-0.1, -0.05) is 31.0 Å². The van der Waals surface area contributed by atoms with Gasteiger partial charge in [-0.25, -0.2) is 0 Å². The van der Waals surface area contributed by atoms with E-state index in [0.29, 0.717) is 6.04 Å². The first-order chi connectivity index (χ1) is 7.85. The van der Waals surface area contributed by atoms with E-state index in [0.717, 1.165) is 18.3 Å². The number of benzene rings is 1. The summed E-state index contributed by atoms with van der Waals surface area (Å²) in [7, 11) is 2.04. The van der Waals surface area contributed by atoms with E-state index in [1.54, 1.807) is 0 Å². The van der Waals surface area contributed by atoms with Crippen LogP contribution in [0.5, 0.6) is 5.75 Å². The summed E-state index contributed by atoms with van der Waals surface area (Å²) in [5.41, 5.74) is 1.30. The highest BCUT2D eigenvalue weighted by Gasteiger charge is 2.26. The highest BCUT2D eigenvalue weighted by molar-refractivity contribution is 5.36. The Hall–Kier alpha value is -1.02. The smallest absolute Gasteiger partial charge is 0.124 e. The molecular formula is C14H21NO. The molecule has 0 bridgehead atoms. The zero-order valence-corrected chi connectivity index (χ0v) is 10.2. The van der Waals surface area contributed by atoms with Crippen LogP contribution in [0.3, 0.4) is 0 Å². The molecule has 2 nitrogen and oxygen atoms in total. The summed E-state index contributed by atoms with van der Waals surface area (Å²) in [6, 6.07) is 8.81. The van der Waals surface area contributed by atoms with Gasteiger partial charge in [0.15, 0.2) is 0 Å². The van der Waals surface area contributed by atoms with E-state index in [1.807, 2.05) is 20.0 Å². The monoisotopic (exact) mass is 219 g/mol. The molecule has 0 spiro atoms. The topological polar surface area (TPSA) is 21.3 Å². The lowest BCUT2D eigenvalue weighted by Crippen LogP contribution is -2.18. The fourth-order valence-corrected chi connectivity index (χ4v) is 2.14. The average molecular weight is 219 g/mol. The van der Waals surface area contributed by atoms with Crippen LogP contribution in [0.15, 0.2) is 24.3 Å². The molecule has 0 amide bonds. The minimum Gasteiger partial charge on any atom is -0.494 e. The molecule has 1 fully saturated rings. The fraction of sp³-hybridized carbons (Fsp3) is 0.571. The van der Waals surface area contributed by atoms with Crippen LogP contribution in [0, 0.1) is 5.92 Å². The first-order valence-electron chi connectivity index (χ1n) is 6.24. The van der Waals surface area contributed by atoms with Crippen LogP contribution in [0.25, 0.3) is 0 Å². The maximum atomic E-state index is 5.68. The van der Waals surface area contributed by atoms with E-state index >= 15 is 0 Å². The summed E-state index contributed by atoms with van der Waals surface area (Å²) in [6.07, 6.45) is 4.03. The van der Waals surface area contributed by atoms with Crippen LogP contribution < -0.4 is 10.1 Å². The molecule has 1 N–H and O–H groups in total. The molecule has 88 valence electrons. The predicted octanol–water partition coefficient (Wildman–Crippen LogP) is 3.15. The number of rotatable bonds is 6. The normalized spacial score (nSPS) is 17.1. The molecule has 1 unspecified atom stereocenters. The second-order valence-electron chi connectivity index (χ2n) is 4.49. The van der Waals surface area contributed by atoms with Crippen LogP contribution in [0.2, 0.25) is 0 Å². The summed E-state index contributed by atoms with van der Waals surface area (Å²) in [4.78, 5) is 0. The number of para-hydroxylation sites is 1. The largest absolute Gasteiger partial charge is 0.494 e. The van der Waals surface area contributed by atoms with Gasteiger partial charge in [-0.3, -0.25) is 0 Å². The van der Waals surface area contributed by atoms with Gasteiger partial charge in [-0.15, -0.1) is 0 Å². The van der Waals surface area contributed by atoms with Gasteiger partial charge in [0.25, 0.3) is 0 Å². The van der Waals surface area contributed by atoms with E-state index in [4.69, 9.17) is 4.74 Å². The van der Waals surface area contributed by atoms with Crippen molar-refractivity contribution in [1.82, 2.24) is 5.32 Å². The SMILES string of the molecule is CCOc1ccccc1C(CC1CC1)NC. The first kappa shape index (κ1) is 11.5. The minimum atomic E-state index is 0.440. The molecule has 1 aromatic rings. The predicted molar refractivity (Wildman–Crippen MR) is 66.8 cm³/mol. The second kappa shape index (κ2) is 5.35. The van der Waals surface area contributed by atoms with E-state index in [2.05, 4.69) is 23.5 Å². The zero-order valence-electron chi connectivity index (χ0n) is 10.2. The van der Waals surface area contributed by atoms with Crippen molar-refractivity contribution in [1.29, 1.82) is 0 Å². The summed E-state index contributed by atoms with van der Waals surface area (Å²) in [5, 5.41) is 3.41. The lowest BCUT2D eigenvalue weighted by atomic mass is 10.0. The van der Waals surface area contributed by atoms with E-state index in [-0.39, 0.29) is 0 Å². The van der Waals surface area contributed by atoms with Gasteiger partial charge in [0.2, 0.25) is 0 Å². The Labute approximate surface area is 98.0 Å².